The van der Waals surface area contributed by atoms with Crippen LogP contribution in [0.3, 0.4) is 0 Å². The summed E-state index contributed by atoms with van der Waals surface area (Å²) in [6.45, 7) is 3.34. The van der Waals surface area contributed by atoms with Crippen LogP contribution in [0, 0.1) is 13.8 Å². The first-order valence-electron chi connectivity index (χ1n) is 7.12. The maximum Gasteiger partial charge on any atom is 0.255 e. The van der Waals surface area contributed by atoms with Crippen molar-refractivity contribution in [2.24, 2.45) is 0 Å². The van der Waals surface area contributed by atoms with Gasteiger partial charge in [-0.3, -0.25) is 9.59 Å². The molecule has 2 amide bonds. The number of imidazole rings is 1. The number of carbonyl (C=O) groups excluding carboxylic acids is 2. The molecule has 3 rings (SSSR count). The molecule has 0 bridgehead atoms. The number of hydrogen-bond acceptors (Lipinski definition) is 4. The highest BCUT2D eigenvalue weighted by Gasteiger charge is 2.15. The maximum atomic E-state index is 12.0. The van der Waals surface area contributed by atoms with Gasteiger partial charge in [-0.1, -0.05) is 6.07 Å². The number of aromatic amines is 1. The summed E-state index contributed by atoms with van der Waals surface area (Å²) in [5, 5.41) is 5.31. The fourth-order valence-electron chi connectivity index (χ4n) is 2.37. The van der Waals surface area contributed by atoms with E-state index in [-0.39, 0.29) is 18.4 Å². The molecule has 23 heavy (non-hydrogen) atoms. The van der Waals surface area contributed by atoms with Crippen LogP contribution in [0.15, 0.2) is 35.0 Å². The van der Waals surface area contributed by atoms with Crippen LogP contribution in [0.25, 0.3) is 11.0 Å². The lowest BCUT2D eigenvalue weighted by atomic mass is 10.2. The van der Waals surface area contributed by atoms with Crippen LogP contribution < -0.4 is 10.6 Å². The van der Waals surface area contributed by atoms with Gasteiger partial charge in [0.05, 0.1) is 29.6 Å². The van der Waals surface area contributed by atoms with Crippen molar-refractivity contribution in [3.05, 3.63) is 47.7 Å². The molecule has 1 aromatic carbocycles. The van der Waals surface area contributed by atoms with Crippen LogP contribution in [-0.2, 0) is 4.79 Å². The van der Waals surface area contributed by atoms with Gasteiger partial charge in [-0.15, -0.1) is 0 Å². The molecule has 3 N–H and O–H groups in total. The standard InChI is InChI=1S/C16H16N4O3/c1-9-6-11(10(2)23-9)16(22)17-7-14(21)20-13-5-3-4-12-15(13)19-8-18-12/h3-6,8H,7H2,1-2H3,(H,17,22)(H,18,19)(H,20,21). The second kappa shape index (κ2) is 5.96. The molecule has 7 nitrogen and oxygen atoms in total. The van der Waals surface area contributed by atoms with E-state index in [0.717, 1.165) is 5.52 Å². The summed E-state index contributed by atoms with van der Waals surface area (Å²) in [6, 6.07) is 7.08. The predicted molar refractivity (Wildman–Crippen MR) is 85.2 cm³/mol. The third kappa shape index (κ3) is 3.08. The van der Waals surface area contributed by atoms with Gasteiger partial charge in [0.25, 0.3) is 5.91 Å². The minimum atomic E-state index is -0.340. The molecule has 0 aliphatic heterocycles. The summed E-state index contributed by atoms with van der Waals surface area (Å²) in [7, 11) is 0. The molecule has 2 aromatic heterocycles. The Hall–Kier alpha value is -3.09. The minimum Gasteiger partial charge on any atom is -0.466 e. The van der Waals surface area contributed by atoms with E-state index in [1.807, 2.05) is 12.1 Å². The fraction of sp³-hybridized carbons (Fsp3) is 0.188. The minimum absolute atomic E-state index is 0.136. The monoisotopic (exact) mass is 312 g/mol. The van der Waals surface area contributed by atoms with Gasteiger partial charge in [0.1, 0.15) is 17.0 Å². The molecule has 2 heterocycles. The van der Waals surface area contributed by atoms with E-state index >= 15 is 0 Å². The maximum absolute atomic E-state index is 12.0. The highest BCUT2D eigenvalue weighted by molar-refractivity contribution is 6.03. The van der Waals surface area contributed by atoms with Crippen molar-refractivity contribution in [3.63, 3.8) is 0 Å². The Bertz CT molecular complexity index is 878. The molecule has 7 heteroatoms. The van der Waals surface area contributed by atoms with Gasteiger partial charge < -0.3 is 20.0 Å². The van der Waals surface area contributed by atoms with Gasteiger partial charge >= 0.3 is 0 Å². The lowest BCUT2D eigenvalue weighted by molar-refractivity contribution is -0.115. The SMILES string of the molecule is Cc1cc(C(=O)NCC(=O)Nc2cccc3[nH]cnc23)c(C)o1. The van der Waals surface area contributed by atoms with Gasteiger partial charge in [0, 0.05) is 0 Å². The highest BCUT2D eigenvalue weighted by Crippen LogP contribution is 2.19. The average Bonchev–Trinajstić information content (AvgIpc) is 3.11. The number of rotatable bonds is 4. The third-order valence-electron chi connectivity index (χ3n) is 3.42. The number of anilines is 1. The summed E-state index contributed by atoms with van der Waals surface area (Å²) in [5.41, 5.74) is 2.54. The number of aromatic nitrogens is 2. The normalized spacial score (nSPS) is 10.7. The number of nitrogens with zero attached hydrogens (tertiary/aromatic N) is 1. The molecule has 0 unspecified atom stereocenters. The second-order valence-corrected chi connectivity index (χ2v) is 5.16. The van der Waals surface area contributed by atoms with E-state index in [4.69, 9.17) is 4.42 Å². The summed E-state index contributed by atoms with van der Waals surface area (Å²) in [4.78, 5) is 31.2. The van der Waals surface area contributed by atoms with Crippen LogP contribution >= 0.6 is 0 Å². The predicted octanol–water partition coefficient (Wildman–Crippen LogP) is 2.14. The Morgan fingerprint density at radius 1 is 1.30 bits per heavy atom. The van der Waals surface area contributed by atoms with Gasteiger partial charge in [0.15, 0.2) is 0 Å². The molecular weight excluding hydrogens is 296 g/mol. The van der Waals surface area contributed by atoms with Crippen molar-refractivity contribution in [3.8, 4) is 0 Å². The number of furan rings is 1. The number of carbonyl (C=O) groups is 2. The van der Waals surface area contributed by atoms with Crippen LogP contribution in [0.2, 0.25) is 0 Å². The largest absolute Gasteiger partial charge is 0.466 e. The van der Waals surface area contributed by atoms with Gasteiger partial charge in [-0.25, -0.2) is 4.98 Å². The van der Waals surface area contributed by atoms with E-state index < -0.39 is 0 Å². The van der Waals surface area contributed by atoms with Crippen LogP contribution in [0.5, 0.6) is 0 Å². The van der Waals surface area contributed by atoms with Crippen molar-refractivity contribution in [1.29, 1.82) is 0 Å². The van der Waals surface area contributed by atoms with E-state index in [1.54, 1.807) is 32.3 Å². The fourth-order valence-corrected chi connectivity index (χ4v) is 2.37. The Labute approximate surface area is 132 Å². The lowest BCUT2D eigenvalue weighted by Crippen LogP contribution is -2.33. The Balaban J connectivity index is 1.63. The Kier molecular flexibility index (Phi) is 3.84. The number of nitrogens with one attached hydrogen (secondary N) is 3. The molecule has 0 aliphatic rings. The van der Waals surface area contributed by atoms with Crippen LogP contribution in [0.1, 0.15) is 21.9 Å². The van der Waals surface area contributed by atoms with Crippen LogP contribution in [0.4, 0.5) is 5.69 Å². The zero-order chi connectivity index (χ0) is 16.4. The zero-order valence-electron chi connectivity index (χ0n) is 12.8. The van der Waals surface area contributed by atoms with Crippen molar-refractivity contribution in [2.75, 3.05) is 11.9 Å². The number of fused-ring (bicyclic) bond motifs is 1. The first-order chi connectivity index (χ1) is 11.0. The van der Waals surface area contributed by atoms with E-state index in [0.29, 0.717) is 28.3 Å². The van der Waals surface area contributed by atoms with Crippen molar-refractivity contribution < 1.29 is 14.0 Å². The van der Waals surface area contributed by atoms with E-state index in [2.05, 4.69) is 20.6 Å². The molecule has 0 atom stereocenters. The highest BCUT2D eigenvalue weighted by atomic mass is 16.3. The molecule has 0 fully saturated rings. The molecule has 3 aromatic rings. The molecular formula is C16H16N4O3. The number of H-pyrrole nitrogens is 1. The van der Waals surface area contributed by atoms with Crippen molar-refractivity contribution in [2.45, 2.75) is 13.8 Å². The van der Waals surface area contributed by atoms with E-state index in [1.165, 1.54) is 0 Å². The summed E-state index contributed by atoms with van der Waals surface area (Å²) in [5.74, 6) is 0.517. The third-order valence-corrected chi connectivity index (χ3v) is 3.42. The first kappa shape index (κ1) is 14.8. The second-order valence-electron chi connectivity index (χ2n) is 5.16. The van der Waals surface area contributed by atoms with Crippen molar-refractivity contribution >= 4 is 28.5 Å². The molecule has 0 saturated carbocycles. The number of hydrogen-bond donors (Lipinski definition) is 3. The molecule has 118 valence electrons. The van der Waals surface area contributed by atoms with Gasteiger partial charge in [-0.2, -0.15) is 0 Å². The lowest BCUT2D eigenvalue weighted by Gasteiger charge is -2.07. The Morgan fingerprint density at radius 3 is 2.87 bits per heavy atom. The number of benzene rings is 1. The molecule has 0 saturated heterocycles. The zero-order valence-corrected chi connectivity index (χ0v) is 12.8. The topological polar surface area (TPSA) is 100 Å². The summed E-state index contributed by atoms with van der Waals surface area (Å²) < 4.78 is 5.30. The van der Waals surface area contributed by atoms with Crippen molar-refractivity contribution in [1.82, 2.24) is 15.3 Å². The van der Waals surface area contributed by atoms with E-state index in [9.17, 15) is 9.59 Å². The first-order valence-corrected chi connectivity index (χ1v) is 7.12. The smallest absolute Gasteiger partial charge is 0.255 e. The van der Waals surface area contributed by atoms with Gasteiger partial charge in [-0.05, 0) is 32.0 Å². The molecule has 0 spiro atoms. The quantitative estimate of drug-likeness (QED) is 0.687. The summed E-state index contributed by atoms with van der Waals surface area (Å²) >= 11 is 0. The van der Waals surface area contributed by atoms with Crippen LogP contribution in [-0.4, -0.2) is 28.3 Å². The Morgan fingerprint density at radius 2 is 2.13 bits per heavy atom. The van der Waals surface area contributed by atoms with Gasteiger partial charge in [0.2, 0.25) is 5.91 Å². The number of amides is 2. The molecule has 0 aliphatic carbocycles. The molecule has 0 radical (unpaired) electrons. The summed E-state index contributed by atoms with van der Waals surface area (Å²) in [6.07, 6.45) is 1.56. The number of aryl methyl sites for hydroxylation is 2. The average molecular weight is 312 g/mol. The number of para-hydroxylation sites is 1.